The molecule has 0 bridgehead atoms. The van der Waals surface area contributed by atoms with Crippen LogP contribution >= 0.6 is 0 Å². The van der Waals surface area contributed by atoms with E-state index in [0.29, 0.717) is 6.42 Å². The number of benzene rings is 1. The van der Waals surface area contributed by atoms with Crippen LogP contribution in [0.1, 0.15) is 19.4 Å². The molecule has 0 saturated heterocycles. The van der Waals surface area contributed by atoms with Gasteiger partial charge in [-0.05, 0) is 17.9 Å². The van der Waals surface area contributed by atoms with Crippen LogP contribution in [0.3, 0.4) is 0 Å². The van der Waals surface area contributed by atoms with Gasteiger partial charge < -0.3 is 10.1 Å². The fraction of sp³-hybridized carbons (Fsp3) is 0.438. The number of carbonyl (C=O) groups is 2. The summed E-state index contributed by atoms with van der Waals surface area (Å²) >= 11 is 0. The standard InChI is InChI=1S/C16H20N2O3/c1-11(2)14(16(20)21-3)18-15(19)13(10-17)9-12-7-5-4-6-8-12/h4-8,11,13-14H,9H2,1-3H3,(H,18,19). The Bertz CT molecular complexity index is 520. The highest BCUT2D eigenvalue weighted by molar-refractivity contribution is 5.87. The van der Waals surface area contributed by atoms with Gasteiger partial charge >= 0.3 is 5.97 Å². The number of amides is 1. The summed E-state index contributed by atoms with van der Waals surface area (Å²) in [5, 5.41) is 11.8. The van der Waals surface area contributed by atoms with Crippen molar-refractivity contribution in [1.82, 2.24) is 5.32 Å². The number of hydrogen-bond donors (Lipinski definition) is 1. The van der Waals surface area contributed by atoms with Gasteiger partial charge in [-0.2, -0.15) is 5.26 Å². The van der Waals surface area contributed by atoms with E-state index in [0.717, 1.165) is 5.56 Å². The quantitative estimate of drug-likeness (QED) is 0.808. The van der Waals surface area contributed by atoms with Crippen molar-refractivity contribution in [1.29, 1.82) is 5.26 Å². The molecule has 0 aromatic heterocycles. The maximum absolute atomic E-state index is 12.2. The van der Waals surface area contributed by atoms with Crippen LogP contribution in [0.25, 0.3) is 0 Å². The number of nitrogens with zero attached hydrogens (tertiary/aromatic N) is 1. The predicted molar refractivity (Wildman–Crippen MR) is 78.0 cm³/mol. The first kappa shape index (κ1) is 16.7. The van der Waals surface area contributed by atoms with Crippen molar-refractivity contribution in [2.24, 2.45) is 11.8 Å². The lowest BCUT2D eigenvalue weighted by atomic mass is 9.98. The zero-order valence-corrected chi connectivity index (χ0v) is 12.5. The van der Waals surface area contributed by atoms with Gasteiger partial charge in [0.25, 0.3) is 0 Å². The van der Waals surface area contributed by atoms with Gasteiger partial charge in [-0.1, -0.05) is 44.2 Å². The molecule has 0 fully saturated rings. The van der Waals surface area contributed by atoms with Crippen LogP contribution in [0, 0.1) is 23.2 Å². The van der Waals surface area contributed by atoms with Crippen molar-refractivity contribution < 1.29 is 14.3 Å². The summed E-state index contributed by atoms with van der Waals surface area (Å²) in [6.45, 7) is 3.61. The van der Waals surface area contributed by atoms with Gasteiger partial charge in [0, 0.05) is 0 Å². The molecular weight excluding hydrogens is 268 g/mol. The molecule has 0 heterocycles. The molecule has 5 heteroatoms. The highest BCUT2D eigenvalue weighted by Gasteiger charge is 2.28. The maximum Gasteiger partial charge on any atom is 0.328 e. The first-order chi connectivity index (χ1) is 9.99. The summed E-state index contributed by atoms with van der Waals surface area (Å²) in [7, 11) is 1.27. The highest BCUT2D eigenvalue weighted by atomic mass is 16.5. The summed E-state index contributed by atoms with van der Waals surface area (Å²) in [6.07, 6.45) is 0.315. The largest absolute Gasteiger partial charge is 0.467 e. The van der Waals surface area contributed by atoms with Crippen LogP contribution in [0.2, 0.25) is 0 Å². The topological polar surface area (TPSA) is 79.2 Å². The minimum atomic E-state index is -0.835. The Morgan fingerprint density at radius 3 is 2.38 bits per heavy atom. The Morgan fingerprint density at radius 2 is 1.90 bits per heavy atom. The maximum atomic E-state index is 12.2. The molecule has 0 spiro atoms. The second-order valence-electron chi connectivity index (χ2n) is 5.12. The van der Waals surface area contributed by atoms with Crippen molar-refractivity contribution >= 4 is 11.9 Å². The number of carbonyl (C=O) groups excluding carboxylic acids is 2. The molecule has 0 aliphatic rings. The Balaban J connectivity index is 2.75. The number of nitriles is 1. The van der Waals surface area contributed by atoms with E-state index in [9.17, 15) is 14.9 Å². The molecule has 1 rings (SSSR count). The van der Waals surface area contributed by atoms with Crippen LogP contribution < -0.4 is 5.32 Å². The van der Waals surface area contributed by atoms with Gasteiger partial charge in [0.2, 0.25) is 5.91 Å². The number of methoxy groups -OCH3 is 1. The van der Waals surface area contributed by atoms with Crippen LogP contribution in [0.5, 0.6) is 0 Å². The van der Waals surface area contributed by atoms with Gasteiger partial charge in [0.1, 0.15) is 12.0 Å². The van der Waals surface area contributed by atoms with Crippen molar-refractivity contribution in [3.05, 3.63) is 35.9 Å². The van der Waals surface area contributed by atoms with Gasteiger partial charge in [-0.3, -0.25) is 4.79 Å². The Labute approximate surface area is 124 Å². The summed E-state index contributed by atoms with van der Waals surface area (Å²) < 4.78 is 4.67. The first-order valence-corrected chi connectivity index (χ1v) is 6.81. The van der Waals surface area contributed by atoms with E-state index in [-0.39, 0.29) is 5.92 Å². The minimum absolute atomic E-state index is 0.113. The molecule has 1 aromatic carbocycles. The van der Waals surface area contributed by atoms with Crippen molar-refractivity contribution in [2.75, 3.05) is 7.11 Å². The second-order valence-corrected chi connectivity index (χ2v) is 5.12. The number of esters is 1. The lowest BCUT2D eigenvalue weighted by molar-refractivity contribution is -0.146. The average molecular weight is 288 g/mol. The molecule has 5 nitrogen and oxygen atoms in total. The summed E-state index contributed by atoms with van der Waals surface area (Å²) in [6, 6.07) is 10.5. The molecule has 2 atom stereocenters. The fourth-order valence-corrected chi connectivity index (χ4v) is 1.93. The van der Waals surface area contributed by atoms with Crippen molar-refractivity contribution in [2.45, 2.75) is 26.3 Å². The van der Waals surface area contributed by atoms with E-state index in [1.165, 1.54) is 7.11 Å². The Hall–Kier alpha value is -2.35. The zero-order valence-electron chi connectivity index (χ0n) is 12.5. The third-order valence-electron chi connectivity index (χ3n) is 3.17. The van der Waals surface area contributed by atoms with Crippen molar-refractivity contribution in [3.8, 4) is 6.07 Å². The molecule has 2 unspecified atom stereocenters. The predicted octanol–water partition coefficient (Wildman–Crippen LogP) is 1.68. The van der Waals surface area contributed by atoms with Gasteiger partial charge in [-0.25, -0.2) is 4.79 Å². The lowest BCUT2D eigenvalue weighted by Crippen LogP contribution is -2.47. The fourth-order valence-electron chi connectivity index (χ4n) is 1.93. The molecule has 0 radical (unpaired) electrons. The SMILES string of the molecule is COC(=O)C(NC(=O)C(C#N)Cc1ccccc1)C(C)C. The van der Waals surface area contributed by atoms with E-state index in [4.69, 9.17) is 0 Å². The van der Waals surface area contributed by atoms with E-state index in [1.807, 2.05) is 36.4 Å². The smallest absolute Gasteiger partial charge is 0.328 e. The monoisotopic (exact) mass is 288 g/mol. The molecule has 1 amide bonds. The Kier molecular flexibility index (Phi) is 6.41. The highest BCUT2D eigenvalue weighted by Crippen LogP contribution is 2.10. The molecule has 1 aromatic rings. The molecule has 0 saturated carbocycles. The van der Waals surface area contributed by atoms with Gasteiger partial charge in [-0.15, -0.1) is 0 Å². The third-order valence-corrected chi connectivity index (χ3v) is 3.17. The lowest BCUT2D eigenvalue weighted by Gasteiger charge is -2.21. The van der Waals surface area contributed by atoms with Crippen molar-refractivity contribution in [3.63, 3.8) is 0 Å². The molecule has 21 heavy (non-hydrogen) atoms. The number of rotatable bonds is 6. The summed E-state index contributed by atoms with van der Waals surface area (Å²) in [4.78, 5) is 23.8. The molecule has 0 aliphatic heterocycles. The molecule has 0 aliphatic carbocycles. The number of hydrogen-bond acceptors (Lipinski definition) is 4. The zero-order chi connectivity index (χ0) is 15.8. The molecule has 112 valence electrons. The molecule has 1 N–H and O–H groups in total. The van der Waals surface area contributed by atoms with E-state index in [1.54, 1.807) is 13.8 Å². The molecular formula is C16H20N2O3. The van der Waals surface area contributed by atoms with E-state index >= 15 is 0 Å². The van der Waals surface area contributed by atoms with E-state index in [2.05, 4.69) is 10.1 Å². The Morgan fingerprint density at radius 1 is 1.29 bits per heavy atom. The van der Waals surface area contributed by atoms with Crippen LogP contribution in [-0.2, 0) is 20.7 Å². The van der Waals surface area contributed by atoms with Crippen LogP contribution in [0.4, 0.5) is 0 Å². The third kappa shape index (κ3) is 4.92. The first-order valence-electron chi connectivity index (χ1n) is 6.81. The number of ether oxygens (including phenoxy) is 1. The normalized spacial score (nSPS) is 13.1. The van der Waals surface area contributed by atoms with Crippen LogP contribution in [0.15, 0.2) is 30.3 Å². The second kappa shape index (κ2) is 8.05. The van der Waals surface area contributed by atoms with Gasteiger partial charge in [0.15, 0.2) is 0 Å². The summed E-state index contributed by atoms with van der Waals surface area (Å²) in [5.41, 5.74) is 0.901. The van der Waals surface area contributed by atoms with Gasteiger partial charge in [0.05, 0.1) is 13.2 Å². The summed E-state index contributed by atoms with van der Waals surface area (Å²) in [5.74, 6) is -1.91. The minimum Gasteiger partial charge on any atom is -0.467 e. The number of nitrogens with one attached hydrogen (secondary N) is 1. The van der Waals surface area contributed by atoms with Crippen LogP contribution in [-0.4, -0.2) is 25.0 Å². The average Bonchev–Trinajstić information content (AvgIpc) is 2.49. The van der Waals surface area contributed by atoms with E-state index < -0.39 is 23.8 Å².